The molecular formula is C12H24N2. The summed E-state index contributed by atoms with van der Waals surface area (Å²) in [6.07, 6.45) is 4.09. The highest BCUT2D eigenvalue weighted by Crippen LogP contribution is 2.18. The predicted octanol–water partition coefficient (Wildman–Crippen LogP) is 1.88. The zero-order valence-corrected chi connectivity index (χ0v) is 9.68. The summed E-state index contributed by atoms with van der Waals surface area (Å²) in [4.78, 5) is 2.43. The van der Waals surface area contributed by atoms with E-state index in [1.54, 1.807) is 0 Å². The van der Waals surface area contributed by atoms with Crippen molar-refractivity contribution in [2.24, 2.45) is 5.92 Å². The van der Waals surface area contributed by atoms with Crippen molar-refractivity contribution < 1.29 is 0 Å². The van der Waals surface area contributed by atoms with Crippen LogP contribution in [0.1, 0.15) is 26.2 Å². The maximum absolute atomic E-state index is 3.88. The van der Waals surface area contributed by atoms with E-state index >= 15 is 0 Å². The van der Waals surface area contributed by atoms with Gasteiger partial charge in [0.2, 0.25) is 0 Å². The molecule has 0 amide bonds. The highest BCUT2D eigenvalue weighted by Gasteiger charge is 2.15. The van der Waals surface area contributed by atoms with Gasteiger partial charge in [-0.2, -0.15) is 0 Å². The Morgan fingerprint density at radius 3 is 2.64 bits per heavy atom. The molecule has 1 fully saturated rings. The second-order valence-electron chi connectivity index (χ2n) is 4.67. The zero-order chi connectivity index (χ0) is 10.4. The molecule has 0 unspecified atom stereocenters. The molecule has 0 saturated carbocycles. The van der Waals surface area contributed by atoms with Crippen LogP contribution in [0.15, 0.2) is 12.2 Å². The molecule has 0 bridgehead atoms. The Morgan fingerprint density at radius 2 is 2.07 bits per heavy atom. The van der Waals surface area contributed by atoms with Crippen LogP contribution < -0.4 is 5.32 Å². The molecule has 1 saturated heterocycles. The van der Waals surface area contributed by atoms with Crippen LogP contribution >= 0.6 is 0 Å². The Bertz CT molecular complexity index is 169. The fourth-order valence-corrected chi connectivity index (χ4v) is 1.96. The van der Waals surface area contributed by atoms with Crippen LogP contribution in [0.25, 0.3) is 0 Å². The maximum atomic E-state index is 3.88. The van der Waals surface area contributed by atoms with Crippen LogP contribution in [-0.4, -0.2) is 38.1 Å². The van der Waals surface area contributed by atoms with Gasteiger partial charge >= 0.3 is 0 Å². The van der Waals surface area contributed by atoms with E-state index < -0.39 is 0 Å². The van der Waals surface area contributed by atoms with Gasteiger partial charge in [0, 0.05) is 6.54 Å². The first-order chi connectivity index (χ1) is 6.68. The quantitative estimate of drug-likeness (QED) is 0.533. The molecular weight excluding hydrogens is 172 g/mol. The Kier molecular flexibility index (Phi) is 5.20. The number of nitrogens with one attached hydrogen (secondary N) is 1. The van der Waals surface area contributed by atoms with E-state index in [-0.39, 0.29) is 0 Å². The normalized spacial score (nSPS) is 19.9. The minimum absolute atomic E-state index is 0.948. The van der Waals surface area contributed by atoms with E-state index in [0.29, 0.717) is 0 Å². The lowest BCUT2D eigenvalue weighted by molar-refractivity contribution is 0.212. The minimum atomic E-state index is 0.948. The van der Waals surface area contributed by atoms with Gasteiger partial charge in [-0.1, -0.05) is 12.2 Å². The third-order valence-corrected chi connectivity index (χ3v) is 2.99. The lowest BCUT2D eigenvalue weighted by Gasteiger charge is -2.28. The minimum Gasteiger partial charge on any atom is -0.313 e. The fourth-order valence-electron chi connectivity index (χ4n) is 1.96. The number of hydrogen-bond acceptors (Lipinski definition) is 2. The van der Waals surface area contributed by atoms with Gasteiger partial charge in [-0.15, -0.1) is 0 Å². The first-order valence-electron chi connectivity index (χ1n) is 5.72. The highest BCUT2D eigenvalue weighted by atomic mass is 15.1. The van der Waals surface area contributed by atoms with Crippen molar-refractivity contribution in [3.63, 3.8) is 0 Å². The summed E-state index contributed by atoms with van der Waals surface area (Å²) in [5.74, 6) is 0.948. The molecule has 0 aromatic rings. The molecule has 2 heteroatoms. The highest BCUT2D eigenvalue weighted by molar-refractivity contribution is 4.90. The van der Waals surface area contributed by atoms with Crippen LogP contribution in [0.2, 0.25) is 0 Å². The molecule has 1 heterocycles. The Balaban J connectivity index is 1.99. The third-order valence-electron chi connectivity index (χ3n) is 2.99. The number of piperidine rings is 1. The number of hydrogen-bond donors (Lipinski definition) is 1. The molecule has 1 aliphatic rings. The van der Waals surface area contributed by atoms with Crippen LogP contribution in [0.5, 0.6) is 0 Å². The van der Waals surface area contributed by atoms with Crippen LogP contribution in [0.3, 0.4) is 0 Å². The summed E-state index contributed by atoms with van der Waals surface area (Å²) < 4.78 is 0. The largest absolute Gasteiger partial charge is 0.313 e. The Hall–Kier alpha value is -0.340. The van der Waals surface area contributed by atoms with Gasteiger partial charge in [-0.25, -0.2) is 0 Å². The van der Waals surface area contributed by atoms with Crippen molar-refractivity contribution in [2.45, 2.75) is 26.2 Å². The molecule has 0 atom stereocenters. The predicted molar refractivity (Wildman–Crippen MR) is 62.5 cm³/mol. The Labute approximate surface area is 88.4 Å². The second-order valence-corrected chi connectivity index (χ2v) is 4.67. The summed E-state index contributed by atoms with van der Waals surface area (Å²) in [6, 6.07) is 0. The van der Waals surface area contributed by atoms with Crippen molar-refractivity contribution in [3.8, 4) is 0 Å². The summed E-state index contributed by atoms with van der Waals surface area (Å²) >= 11 is 0. The molecule has 1 aliphatic heterocycles. The van der Waals surface area contributed by atoms with Gasteiger partial charge in [-0.3, -0.25) is 0 Å². The lowest BCUT2D eigenvalue weighted by Crippen LogP contribution is -2.31. The van der Waals surface area contributed by atoms with Gasteiger partial charge in [0.05, 0.1) is 0 Å². The topological polar surface area (TPSA) is 15.3 Å². The van der Waals surface area contributed by atoms with E-state index in [2.05, 4.69) is 30.8 Å². The van der Waals surface area contributed by atoms with Gasteiger partial charge in [0.1, 0.15) is 0 Å². The van der Waals surface area contributed by atoms with Gasteiger partial charge in [0.15, 0.2) is 0 Å². The molecule has 14 heavy (non-hydrogen) atoms. The summed E-state index contributed by atoms with van der Waals surface area (Å²) in [6.45, 7) is 10.7. The smallest absolute Gasteiger partial charge is 0.0159 e. The van der Waals surface area contributed by atoms with Gasteiger partial charge in [0.25, 0.3) is 0 Å². The zero-order valence-electron chi connectivity index (χ0n) is 9.68. The first-order valence-corrected chi connectivity index (χ1v) is 5.72. The Morgan fingerprint density at radius 1 is 1.43 bits per heavy atom. The molecule has 0 aromatic heterocycles. The average molecular weight is 196 g/mol. The monoisotopic (exact) mass is 196 g/mol. The van der Waals surface area contributed by atoms with E-state index in [1.165, 1.54) is 37.9 Å². The molecule has 0 aromatic carbocycles. The van der Waals surface area contributed by atoms with Crippen molar-refractivity contribution in [1.29, 1.82) is 0 Å². The fraction of sp³-hybridized carbons (Fsp3) is 0.833. The van der Waals surface area contributed by atoms with E-state index in [1.807, 2.05) is 0 Å². The van der Waals surface area contributed by atoms with E-state index in [4.69, 9.17) is 0 Å². The standard InChI is InChI=1S/C12H24N2/c1-11(2)10-13-7-4-12-5-8-14(3)9-6-12/h12-13H,1,4-10H2,2-3H3. The summed E-state index contributed by atoms with van der Waals surface area (Å²) in [5.41, 5.74) is 1.23. The number of rotatable bonds is 5. The third kappa shape index (κ3) is 4.77. The molecule has 1 rings (SSSR count). The van der Waals surface area contributed by atoms with Gasteiger partial charge < -0.3 is 10.2 Å². The first kappa shape index (κ1) is 11.7. The number of likely N-dealkylation sites (tertiary alicyclic amines) is 1. The molecule has 2 nitrogen and oxygen atoms in total. The molecule has 82 valence electrons. The molecule has 0 radical (unpaired) electrons. The SMILES string of the molecule is C=C(C)CNCCC1CCN(C)CC1. The number of nitrogens with zero attached hydrogens (tertiary/aromatic N) is 1. The maximum Gasteiger partial charge on any atom is 0.0159 e. The van der Waals surface area contributed by atoms with E-state index in [0.717, 1.165) is 19.0 Å². The van der Waals surface area contributed by atoms with E-state index in [9.17, 15) is 0 Å². The summed E-state index contributed by atoms with van der Waals surface area (Å²) in [5, 5.41) is 3.43. The lowest BCUT2D eigenvalue weighted by atomic mass is 9.94. The van der Waals surface area contributed by atoms with Crippen molar-refractivity contribution >= 4 is 0 Å². The average Bonchev–Trinajstić information content (AvgIpc) is 2.15. The van der Waals surface area contributed by atoms with Crippen LogP contribution in [0.4, 0.5) is 0 Å². The van der Waals surface area contributed by atoms with Crippen molar-refractivity contribution in [3.05, 3.63) is 12.2 Å². The van der Waals surface area contributed by atoms with Crippen LogP contribution in [0, 0.1) is 5.92 Å². The van der Waals surface area contributed by atoms with Crippen molar-refractivity contribution in [1.82, 2.24) is 10.2 Å². The second kappa shape index (κ2) is 6.20. The molecule has 1 N–H and O–H groups in total. The summed E-state index contributed by atoms with van der Waals surface area (Å²) in [7, 11) is 2.22. The van der Waals surface area contributed by atoms with Crippen LogP contribution in [-0.2, 0) is 0 Å². The van der Waals surface area contributed by atoms with Crippen molar-refractivity contribution in [2.75, 3.05) is 33.2 Å². The molecule has 0 spiro atoms. The van der Waals surface area contributed by atoms with Gasteiger partial charge in [-0.05, 0) is 58.8 Å². The molecule has 0 aliphatic carbocycles.